The summed E-state index contributed by atoms with van der Waals surface area (Å²) in [6.45, 7) is 0.505. The summed E-state index contributed by atoms with van der Waals surface area (Å²) in [5.41, 5.74) is 2.96. The monoisotopic (exact) mass is 289 g/mol. The van der Waals surface area contributed by atoms with Crippen LogP contribution in [0.1, 0.15) is 16.2 Å². The van der Waals surface area contributed by atoms with Crippen LogP contribution in [0.3, 0.4) is 0 Å². The highest BCUT2D eigenvalue weighted by Crippen LogP contribution is 2.20. The fraction of sp³-hybridized carbons (Fsp3) is 0.154. The Morgan fingerprint density at radius 1 is 1.40 bits per heavy atom. The van der Waals surface area contributed by atoms with Gasteiger partial charge in [-0.15, -0.1) is 11.3 Å². The lowest BCUT2D eigenvalue weighted by molar-refractivity contribution is 0.0945. The molecule has 3 aromatic heterocycles. The number of furan rings is 1. The van der Waals surface area contributed by atoms with E-state index >= 15 is 0 Å². The fourth-order valence-corrected chi connectivity index (χ4v) is 2.27. The van der Waals surface area contributed by atoms with Crippen LogP contribution in [0.5, 0.6) is 0 Å². The molecule has 0 bridgehead atoms. The van der Waals surface area contributed by atoms with Crippen LogP contribution in [0.4, 0.5) is 0 Å². The molecule has 1 N–H and O–H groups in total. The van der Waals surface area contributed by atoms with Crippen molar-refractivity contribution in [3.63, 3.8) is 0 Å². The van der Waals surface area contributed by atoms with Gasteiger partial charge in [-0.3, -0.25) is 4.79 Å². The molecule has 0 fully saturated rings. The number of nitrogens with zero attached hydrogens (tertiary/aromatic N) is 2. The number of carbonyl (C=O) groups excluding carboxylic acids is 1. The molecule has 0 aliphatic carbocycles. The molecule has 102 valence electrons. The number of carbonyl (C=O) groups is 1. The van der Waals surface area contributed by atoms with Gasteiger partial charge in [0.05, 0.1) is 17.5 Å². The molecule has 20 heavy (non-hydrogen) atoms. The number of thiazole rings is 1. The van der Waals surface area contributed by atoms with E-state index in [1.54, 1.807) is 23.7 Å². The summed E-state index contributed by atoms with van der Waals surface area (Å²) in [6.07, 6.45) is 2.23. The minimum absolute atomic E-state index is 0.231. The van der Waals surface area contributed by atoms with E-state index in [-0.39, 0.29) is 11.6 Å². The van der Waals surface area contributed by atoms with E-state index in [4.69, 9.17) is 8.94 Å². The van der Waals surface area contributed by atoms with E-state index in [0.29, 0.717) is 24.5 Å². The highest BCUT2D eigenvalue weighted by Gasteiger charge is 2.14. The van der Waals surface area contributed by atoms with Crippen molar-refractivity contribution in [2.24, 2.45) is 0 Å². The molecule has 0 saturated carbocycles. The van der Waals surface area contributed by atoms with E-state index in [1.165, 1.54) is 17.6 Å². The molecular formula is C13H11N3O3S. The van der Waals surface area contributed by atoms with Crippen LogP contribution in [0.25, 0.3) is 11.5 Å². The zero-order chi connectivity index (χ0) is 13.8. The van der Waals surface area contributed by atoms with Gasteiger partial charge in [0, 0.05) is 24.4 Å². The van der Waals surface area contributed by atoms with Gasteiger partial charge in [0.2, 0.25) is 5.76 Å². The Morgan fingerprint density at radius 3 is 3.10 bits per heavy atom. The van der Waals surface area contributed by atoms with E-state index in [0.717, 1.165) is 5.69 Å². The quantitative estimate of drug-likeness (QED) is 0.779. The molecule has 1 amide bonds. The molecule has 0 spiro atoms. The lowest BCUT2D eigenvalue weighted by Gasteiger charge is -1.99. The minimum Gasteiger partial charge on any atom is -0.461 e. The predicted molar refractivity (Wildman–Crippen MR) is 72.4 cm³/mol. The van der Waals surface area contributed by atoms with Crippen LogP contribution in [0.15, 0.2) is 44.3 Å². The number of rotatable bonds is 5. The molecule has 0 aliphatic rings. The van der Waals surface area contributed by atoms with Crippen LogP contribution >= 0.6 is 11.3 Å². The first kappa shape index (κ1) is 12.6. The van der Waals surface area contributed by atoms with E-state index in [9.17, 15) is 4.79 Å². The minimum atomic E-state index is -0.276. The third kappa shape index (κ3) is 2.77. The predicted octanol–water partition coefficient (Wildman–Crippen LogP) is 2.36. The lowest BCUT2D eigenvalue weighted by atomic mass is 10.3. The van der Waals surface area contributed by atoms with Crippen molar-refractivity contribution in [1.82, 2.24) is 15.5 Å². The molecule has 0 saturated heterocycles. The molecule has 0 aromatic carbocycles. The summed E-state index contributed by atoms with van der Waals surface area (Å²) < 4.78 is 10.2. The Kier molecular flexibility index (Phi) is 3.60. The van der Waals surface area contributed by atoms with Crippen molar-refractivity contribution in [2.45, 2.75) is 6.42 Å². The second-order valence-corrected chi connectivity index (χ2v) is 4.76. The summed E-state index contributed by atoms with van der Waals surface area (Å²) in [4.78, 5) is 16.0. The summed E-state index contributed by atoms with van der Waals surface area (Å²) in [5.74, 6) is 0.695. The van der Waals surface area contributed by atoms with E-state index < -0.39 is 0 Å². The first-order chi connectivity index (χ1) is 9.83. The third-order valence-corrected chi connectivity index (χ3v) is 3.29. The maximum absolute atomic E-state index is 11.9. The van der Waals surface area contributed by atoms with Crippen molar-refractivity contribution in [3.05, 3.63) is 46.7 Å². The van der Waals surface area contributed by atoms with Crippen LogP contribution in [0, 0.1) is 0 Å². The first-order valence-corrected chi connectivity index (χ1v) is 6.93. The average Bonchev–Trinajstić information content (AvgIpc) is 3.20. The van der Waals surface area contributed by atoms with Crippen molar-refractivity contribution in [3.8, 4) is 11.5 Å². The maximum atomic E-state index is 11.9. The summed E-state index contributed by atoms with van der Waals surface area (Å²) in [5, 5.41) is 8.45. The average molecular weight is 289 g/mol. The second kappa shape index (κ2) is 5.70. The lowest BCUT2D eigenvalue weighted by Crippen LogP contribution is -2.25. The van der Waals surface area contributed by atoms with Gasteiger partial charge in [-0.2, -0.15) is 0 Å². The Balaban J connectivity index is 1.57. The van der Waals surface area contributed by atoms with Crippen LogP contribution in [0.2, 0.25) is 0 Å². The zero-order valence-corrected chi connectivity index (χ0v) is 11.2. The largest absolute Gasteiger partial charge is 0.461 e. The molecule has 3 aromatic rings. The van der Waals surface area contributed by atoms with Gasteiger partial charge in [-0.25, -0.2) is 4.98 Å². The molecule has 0 radical (unpaired) electrons. The topological polar surface area (TPSA) is 81.2 Å². The molecule has 3 heterocycles. The number of amides is 1. The first-order valence-electron chi connectivity index (χ1n) is 5.99. The highest BCUT2D eigenvalue weighted by atomic mass is 32.1. The van der Waals surface area contributed by atoms with E-state index in [1.807, 2.05) is 5.38 Å². The van der Waals surface area contributed by atoms with Crippen molar-refractivity contribution < 1.29 is 13.7 Å². The molecule has 7 heteroatoms. The fourth-order valence-electron chi connectivity index (χ4n) is 1.67. The second-order valence-electron chi connectivity index (χ2n) is 4.04. The van der Waals surface area contributed by atoms with Crippen molar-refractivity contribution in [1.29, 1.82) is 0 Å². The van der Waals surface area contributed by atoms with Gasteiger partial charge >= 0.3 is 0 Å². The Morgan fingerprint density at radius 2 is 2.35 bits per heavy atom. The van der Waals surface area contributed by atoms with Gasteiger partial charge in [-0.1, -0.05) is 5.16 Å². The third-order valence-electron chi connectivity index (χ3n) is 2.66. The Labute approximate surface area is 118 Å². The summed E-state index contributed by atoms with van der Waals surface area (Å²) in [7, 11) is 0. The maximum Gasteiger partial charge on any atom is 0.273 e. The zero-order valence-electron chi connectivity index (χ0n) is 10.4. The smallest absolute Gasteiger partial charge is 0.273 e. The van der Waals surface area contributed by atoms with E-state index in [2.05, 4.69) is 15.5 Å². The van der Waals surface area contributed by atoms with Crippen LogP contribution < -0.4 is 5.32 Å². The number of hydrogen-bond donors (Lipinski definition) is 1. The van der Waals surface area contributed by atoms with Gasteiger partial charge in [0.25, 0.3) is 5.91 Å². The Bertz CT molecular complexity index is 674. The molecule has 6 nitrogen and oxygen atoms in total. The Hall–Kier alpha value is -2.41. The van der Waals surface area contributed by atoms with Crippen LogP contribution in [-0.4, -0.2) is 22.6 Å². The molecule has 3 rings (SSSR count). The normalized spacial score (nSPS) is 10.6. The number of aromatic nitrogens is 2. The molecule has 0 atom stereocenters. The summed E-state index contributed by atoms with van der Waals surface area (Å²) in [6, 6.07) is 5.03. The van der Waals surface area contributed by atoms with Gasteiger partial charge in [0.1, 0.15) is 0 Å². The van der Waals surface area contributed by atoms with Gasteiger partial charge < -0.3 is 14.3 Å². The standard InChI is InChI=1S/C13H11N3O3S/c17-13(14-4-3-9-7-20-8-15-9)10-6-12(19-16-10)11-2-1-5-18-11/h1-2,5-8H,3-4H2,(H,14,17). The molecule has 0 unspecified atom stereocenters. The van der Waals surface area contributed by atoms with Gasteiger partial charge in [0.15, 0.2) is 11.5 Å². The SMILES string of the molecule is O=C(NCCc1cscn1)c1cc(-c2ccco2)on1. The highest BCUT2D eigenvalue weighted by molar-refractivity contribution is 7.07. The summed E-state index contributed by atoms with van der Waals surface area (Å²) >= 11 is 1.54. The molecule has 0 aliphatic heterocycles. The van der Waals surface area contributed by atoms with Gasteiger partial charge in [-0.05, 0) is 12.1 Å². The van der Waals surface area contributed by atoms with Crippen LogP contribution in [-0.2, 0) is 6.42 Å². The molecular weight excluding hydrogens is 278 g/mol. The number of hydrogen-bond acceptors (Lipinski definition) is 6. The number of nitrogens with one attached hydrogen (secondary N) is 1. The van der Waals surface area contributed by atoms with Crippen molar-refractivity contribution in [2.75, 3.05) is 6.54 Å². The van der Waals surface area contributed by atoms with Crippen molar-refractivity contribution >= 4 is 17.2 Å².